The number of hydrogen-bond acceptors (Lipinski definition) is 9. The van der Waals surface area contributed by atoms with E-state index >= 15 is 0 Å². The molecule has 0 aliphatic carbocycles. The van der Waals surface area contributed by atoms with Crippen LogP contribution >= 0.6 is 0 Å². The van der Waals surface area contributed by atoms with Crippen LogP contribution in [0.2, 0.25) is 0 Å². The third kappa shape index (κ3) is 6.14. The highest BCUT2D eigenvalue weighted by molar-refractivity contribution is 5.68. The summed E-state index contributed by atoms with van der Waals surface area (Å²) in [5.74, 6) is -2.54. The molecule has 0 N–H and O–H groups in total. The van der Waals surface area contributed by atoms with E-state index in [-0.39, 0.29) is 6.61 Å². The zero-order valence-electron chi connectivity index (χ0n) is 15.5. The normalized spacial score (nSPS) is 27.8. The second-order valence-corrected chi connectivity index (χ2v) is 5.97. The van der Waals surface area contributed by atoms with Crippen molar-refractivity contribution in [1.82, 2.24) is 0 Å². The van der Waals surface area contributed by atoms with Gasteiger partial charge in [-0.15, -0.1) is 0 Å². The van der Waals surface area contributed by atoms with E-state index in [1.54, 1.807) is 6.92 Å². The first-order valence-corrected chi connectivity index (χ1v) is 7.98. The van der Waals surface area contributed by atoms with Crippen LogP contribution in [0.1, 0.15) is 34.6 Å². The molecule has 1 saturated heterocycles. The zero-order valence-corrected chi connectivity index (χ0v) is 15.5. The van der Waals surface area contributed by atoms with E-state index in [1.807, 2.05) is 0 Å². The third-order valence-electron chi connectivity index (χ3n) is 3.48. The summed E-state index contributed by atoms with van der Waals surface area (Å²) in [6.07, 6.45) is -5.17. The highest BCUT2D eigenvalue weighted by Gasteiger charge is 2.52. The Balaban J connectivity index is 3.29. The van der Waals surface area contributed by atoms with Crippen LogP contribution in [0.3, 0.4) is 0 Å². The maximum absolute atomic E-state index is 11.6. The summed E-state index contributed by atoms with van der Waals surface area (Å²) in [6, 6.07) is 0. The molecule has 1 aliphatic rings. The minimum absolute atomic E-state index is 0.248. The second kappa shape index (κ2) is 9.33. The Morgan fingerprint density at radius 1 is 0.769 bits per heavy atom. The first kappa shape index (κ1) is 21.6. The van der Waals surface area contributed by atoms with Gasteiger partial charge < -0.3 is 23.7 Å². The average molecular weight is 372 g/mol. The van der Waals surface area contributed by atoms with Gasteiger partial charge in [0.25, 0.3) is 0 Å². The number of rotatable bonds is 6. The van der Waals surface area contributed by atoms with E-state index in [0.29, 0.717) is 5.57 Å². The van der Waals surface area contributed by atoms with Crippen LogP contribution in [-0.2, 0) is 42.9 Å². The van der Waals surface area contributed by atoms with Crippen molar-refractivity contribution in [3.8, 4) is 0 Å². The predicted molar refractivity (Wildman–Crippen MR) is 86.8 cm³/mol. The molecule has 0 aromatic rings. The number of esters is 4. The van der Waals surface area contributed by atoms with Gasteiger partial charge in [0.05, 0.1) is 0 Å². The number of carbonyl (C=O) groups is 4. The topological polar surface area (TPSA) is 114 Å². The lowest BCUT2D eigenvalue weighted by molar-refractivity contribution is -0.246. The van der Waals surface area contributed by atoms with Gasteiger partial charge in [-0.2, -0.15) is 0 Å². The summed E-state index contributed by atoms with van der Waals surface area (Å²) in [5.41, 5.74) is 0.488. The van der Waals surface area contributed by atoms with Crippen molar-refractivity contribution in [1.29, 1.82) is 0 Å². The van der Waals surface area contributed by atoms with Crippen molar-refractivity contribution in [2.45, 2.75) is 65.1 Å². The van der Waals surface area contributed by atoms with E-state index in [1.165, 1.54) is 27.7 Å². The van der Waals surface area contributed by atoms with Gasteiger partial charge in [0.15, 0.2) is 18.3 Å². The van der Waals surface area contributed by atoms with Gasteiger partial charge in [-0.05, 0) is 12.5 Å². The Bertz CT molecular complexity index is 583. The maximum atomic E-state index is 11.6. The molecule has 0 aromatic heterocycles. The fourth-order valence-corrected chi connectivity index (χ4v) is 2.62. The molecule has 0 bridgehead atoms. The molecule has 1 aliphatic heterocycles. The summed E-state index contributed by atoms with van der Waals surface area (Å²) in [7, 11) is 0. The van der Waals surface area contributed by atoms with Crippen molar-refractivity contribution >= 4 is 23.9 Å². The zero-order chi connectivity index (χ0) is 20.0. The Hall–Kier alpha value is -2.42. The van der Waals surface area contributed by atoms with Gasteiger partial charge in [0.1, 0.15) is 18.8 Å². The van der Waals surface area contributed by atoms with Crippen LogP contribution in [0.15, 0.2) is 12.2 Å². The second-order valence-electron chi connectivity index (χ2n) is 5.97. The minimum Gasteiger partial charge on any atom is -0.463 e. The van der Waals surface area contributed by atoms with E-state index in [9.17, 15) is 19.2 Å². The van der Waals surface area contributed by atoms with Crippen molar-refractivity contribution in [3.63, 3.8) is 0 Å². The standard InChI is InChI=1S/C17H24O9/c1-8(2)14-16(24-11(5)20)17(25-12(6)21)15(23-10(4)19)13(26-14)7-22-9(3)18/h13-17H,1,7H2,2-6H3. The van der Waals surface area contributed by atoms with Crippen molar-refractivity contribution in [2.75, 3.05) is 6.61 Å². The number of ether oxygens (including phenoxy) is 5. The van der Waals surface area contributed by atoms with Crippen molar-refractivity contribution in [3.05, 3.63) is 12.2 Å². The van der Waals surface area contributed by atoms with Gasteiger partial charge in [-0.25, -0.2) is 0 Å². The minimum atomic E-state index is -1.16. The molecule has 26 heavy (non-hydrogen) atoms. The monoisotopic (exact) mass is 372 g/mol. The summed E-state index contributed by atoms with van der Waals surface area (Å²) in [6.45, 7) is 9.92. The lowest BCUT2D eigenvalue weighted by atomic mass is 9.91. The molecule has 0 spiro atoms. The molecule has 0 saturated carbocycles. The molecule has 146 valence electrons. The van der Waals surface area contributed by atoms with Gasteiger partial charge >= 0.3 is 23.9 Å². The van der Waals surface area contributed by atoms with E-state index < -0.39 is 54.4 Å². The molecule has 1 rings (SSSR count). The lowest BCUT2D eigenvalue weighted by Gasteiger charge is -2.44. The van der Waals surface area contributed by atoms with Crippen molar-refractivity contribution in [2.24, 2.45) is 0 Å². The molecular formula is C17H24O9. The number of hydrogen-bond donors (Lipinski definition) is 0. The summed E-state index contributed by atoms with van der Waals surface area (Å²) >= 11 is 0. The first-order chi connectivity index (χ1) is 12.0. The molecule has 9 heteroatoms. The lowest BCUT2D eigenvalue weighted by Crippen LogP contribution is -2.62. The molecule has 0 amide bonds. The Morgan fingerprint density at radius 3 is 1.65 bits per heavy atom. The molecule has 5 atom stereocenters. The Labute approximate surface area is 151 Å². The number of carbonyl (C=O) groups excluding carboxylic acids is 4. The summed E-state index contributed by atoms with van der Waals surface area (Å²) in [4.78, 5) is 45.7. The van der Waals surface area contributed by atoms with E-state index in [0.717, 1.165) is 0 Å². The highest BCUT2D eigenvalue weighted by atomic mass is 16.7. The molecule has 1 fully saturated rings. The molecule has 0 aromatic carbocycles. The van der Waals surface area contributed by atoms with Gasteiger partial charge in [0, 0.05) is 27.7 Å². The Kier molecular flexibility index (Phi) is 7.76. The highest BCUT2D eigenvalue weighted by Crippen LogP contribution is 2.31. The molecule has 5 unspecified atom stereocenters. The predicted octanol–water partition coefficient (Wildman–Crippen LogP) is 0.688. The molecular weight excluding hydrogens is 348 g/mol. The van der Waals surface area contributed by atoms with Gasteiger partial charge in [0.2, 0.25) is 0 Å². The van der Waals surface area contributed by atoms with Gasteiger partial charge in [-0.1, -0.05) is 6.58 Å². The quantitative estimate of drug-likeness (QED) is 0.377. The maximum Gasteiger partial charge on any atom is 0.303 e. The molecule has 9 nitrogen and oxygen atoms in total. The van der Waals surface area contributed by atoms with Crippen LogP contribution in [0.5, 0.6) is 0 Å². The van der Waals surface area contributed by atoms with Crippen molar-refractivity contribution < 1.29 is 42.9 Å². The van der Waals surface area contributed by atoms with Crippen LogP contribution < -0.4 is 0 Å². The SMILES string of the molecule is C=C(C)C1OC(COC(C)=O)C(OC(C)=O)C(OC(C)=O)C1OC(C)=O. The van der Waals surface area contributed by atoms with Crippen LogP contribution in [0.4, 0.5) is 0 Å². The average Bonchev–Trinajstić information content (AvgIpc) is 2.47. The van der Waals surface area contributed by atoms with Crippen LogP contribution in [0.25, 0.3) is 0 Å². The fourth-order valence-electron chi connectivity index (χ4n) is 2.62. The summed E-state index contributed by atoms with van der Waals surface area (Å²) in [5, 5.41) is 0. The molecule has 1 heterocycles. The fraction of sp³-hybridized carbons (Fsp3) is 0.647. The smallest absolute Gasteiger partial charge is 0.303 e. The van der Waals surface area contributed by atoms with Crippen LogP contribution in [0, 0.1) is 0 Å². The third-order valence-corrected chi connectivity index (χ3v) is 3.48. The largest absolute Gasteiger partial charge is 0.463 e. The van der Waals surface area contributed by atoms with Gasteiger partial charge in [-0.3, -0.25) is 19.2 Å². The van der Waals surface area contributed by atoms with E-state index in [2.05, 4.69) is 6.58 Å². The first-order valence-electron chi connectivity index (χ1n) is 7.98. The van der Waals surface area contributed by atoms with Crippen LogP contribution in [-0.4, -0.2) is 61.0 Å². The Morgan fingerprint density at radius 2 is 1.23 bits per heavy atom. The van der Waals surface area contributed by atoms with E-state index in [4.69, 9.17) is 23.7 Å². The molecule has 0 radical (unpaired) electrons. The summed E-state index contributed by atoms with van der Waals surface area (Å²) < 4.78 is 26.6.